The van der Waals surface area contributed by atoms with Gasteiger partial charge in [0.25, 0.3) is 0 Å². The number of imidazole rings is 1. The number of amides is 1. The summed E-state index contributed by atoms with van der Waals surface area (Å²) in [6, 6.07) is 8.44. The average Bonchev–Trinajstić information content (AvgIpc) is 3.09. The van der Waals surface area contributed by atoms with Gasteiger partial charge in [0.1, 0.15) is 0 Å². The van der Waals surface area contributed by atoms with Crippen molar-refractivity contribution in [2.24, 2.45) is 0 Å². The molecule has 0 saturated heterocycles. The fraction of sp³-hybridized carbons (Fsp3) is 0.250. The largest absolute Gasteiger partial charge is 0.349 e. The molecule has 0 spiro atoms. The minimum Gasteiger partial charge on any atom is -0.349 e. The molecular weight excluding hydrogens is 314 g/mol. The van der Waals surface area contributed by atoms with Gasteiger partial charge < -0.3 is 5.32 Å². The molecule has 112 valence electrons. The number of nitrogens with one attached hydrogen (secondary N) is 1. The molecule has 4 rings (SSSR count). The average molecular weight is 329 g/mol. The summed E-state index contributed by atoms with van der Waals surface area (Å²) in [5.41, 5.74) is 2.06. The van der Waals surface area contributed by atoms with E-state index in [1.54, 1.807) is 11.3 Å². The molecule has 0 unspecified atom stereocenters. The molecule has 1 atom stereocenters. The Bertz CT molecular complexity index is 795. The van der Waals surface area contributed by atoms with Crippen molar-refractivity contribution in [1.82, 2.24) is 14.7 Å². The Morgan fingerprint density at radius 1 is 1.41 bits per heavy atom. The molecule has 1 N–H and O–H groups in total. The van der Waals surface area contributed by atoms with E-state index in [4.69, 9.17) is 0 Å². The Morgan fingerprint density at radius 2 is 2.32 bits per heavy atom. The molecule has 1 aromatic carbocycles. The molecule has 0 fully saturated rings. The third kappa shape index (κ3) is 2.64. The number of carbonyl (C=O) groups is 1. The Morgan fingerprint density at radius 3 is 3.23 bits per heavy atom. The molecule has 0 saturated carbocycles. The van der Waals surface area contributed by atoms with E-state index in [1.807, 2.05) is 46.1 Å². The van der Waals surface area contributed by atoms with Crippen LogP contribution in [0.2, 0.25) is 0 Å². The highest BCUT2D eigenvalue weighted by atomic mass is 32.2. The zero-order valence-corrected chi connectivity index (χ0v) is 13.5. The van der Waals surface area contributed by atoms with Crippen molar-refractivity contribution in [2.75, 3.05) is 5.75 Å². The second-order valence-corrected chi connectivity index (χ2v) is 7.31. The number of fused-ring (bicyclic) bond motifs is 2. The SMILES string of the molecule is O=C(Cc1cn2ccsc2n1)N[C@H]1CCSc2ccccc21. The van der Waals surface area contributed by atoms with E-state index in [1.165, 1.54) is 10.5 Å². The molecule has 0 radical (unpaired) electrons. The molecule has 0 bridgehead atoms. The zero-order valence-electron chi connectivity index (χ0n) is 11.9. The van der Waals surface area contributed by atoms with Gasteiger partial charge in [0.05, 0.1) is 18.2 Å². The van der Waals surface area contributed by atoms with E-state index >= 15 is 0 Å². The Kier molecular flexibility index (Phi) is 3.63. The van der Waals surface area contributed by atoms with Gasteiger partial charge in [-0.05, 0) is 18.1 Å². The standard InChI is InChI=1S/C16H15N3OS2/c20-15(9-11-10-19-6-8-22-16(19)17-11)18-13-5-7-21-14-4-2-1-3-12(13)14/h1-4,6,8,10,13H,5,7,9H2,(H,18,20)/t13-/m0/s1. The van der Waals surface area contributed by atoms with Gasteiger partial charge in [-0.1, -0.05) is 18.2 Å². The molecule has 6 heteroatoms. The van der Waals surface area contributed by atoms with E-state index in [-0.39, 0.29) is 11.9 Å². The van der Waals surface area contributed by atoms with Crippen LogP contribution in [0.25, 0.3) is 4.96 Å². The first kappa shape index (κ1) is 13.8. The highest BCUT2D eigenvalue weighted by Gasteiger charge is 2.22. The summed E-state index contributed by atoms with van der Waals surface area (Å²) in [6.07, 6.45) is 5.20. The highest BCUT2D eigenvalue weighted by molar-refractivity contribution is 7.99. The molecule has 22 heavy (non-hydrogen) atoms. The van der Waals surface area contributed by atoms with Crippen LogP contribution >= 0.6 is 23.1 Å². The zero-order chi connectivity index (χ0) is 14.9. The van der Waals surface area contributed by atoms with Crippen molar-refractivity contribution < 1.29 is 4.79 Å². The molecule has 3 aromatic rings. The maximum Gasteiger partial charge on any atom is 0.226 e. The van der Waals surface area contributed by atoms with Crippen LogP contribution in [0.3, 0.4) is 0 Å². The first-order chi connectivity index (χ1) is 10.8. The Hall–Kier alpha value is -1.79. The molecule has 0 aliphatic carbocycles. The second-order valence-electron chi connectivity index (χ2n) is 5.30. The number of aromatic nitrogens is 2. The van der Waals surface area contributed by atoms with E-state index in [0.29, 0.717) is 6.42 Å². The molecule has 1 aliphatic rings. The third-order valence-electron chi connectivity index (χ3n) is 3.78. The normalized spacial score (nSPS) is 17.4. The van der Waals surface area contributed by atoms with E-state index in [2.05, 4.69) is 22.4 Å². The lowest BCUT2D eigenvalue weighted by Crippen LogP contribution is -2.31. The van der Waals surface area contributed by atoms with Crippen LogP contribution in [0.5, 0.6) is 0 Å². The number of nitrogens with zero attached hydrogens (tertiary/aromatic N) is 2. The Balaban J connectivity index is 1.47. The minimum atomic E-state index is 0.0393. The van der Waals surface area contributed by atoms with Crippen LogP contribution in [0.1, 0.15) is 23.7 Å². The summed E-state index contributed by atoms with van der Waals surface area (Å²) in [6.45, 7) is 0. The number of rotatable bonds is 3. The van der Waals surface area contributed by atoms with E-state index < -0.39 is 0 Å². The molecule has 2 aromatic heterocycles. The number of hydrogen-bond donors (Lipinski definition) is 1. The van der Waals surface area contributed by atoms with Crippen molar-refractivity contribution >= 4 is 34.0 Å². The van der Waals surface area contributed by atoms with Gasteiger partial charge in [0.15, 0.2) is 4.96 Å². The number of hydrogen-bond acceptors (Lipinski definition) is 4. The van der Waals surface area contributed by atoms with Gasteiger partial charge in [0.2, 0.25) is 5.91 Å². The molecule has 4 nitrogen and oxygen atoms in total. The van der Waals surface area contributed by atoms with Crippen molar-refractivity contribution in [1.29, 1.82) is 0 Å². The van der Waals surface area contributed by atoms with E-state index in [9.17, 15) is 4.79 Å². The van der Waals surface area contributed by atoms with Crippen LogP contribution in [0, 0.1) is 0 Å². The number of benzene rings is 1. The first-order valence-electron chi connectivity index (χ1n) is 7.22. The summed E-state index contributed by atoms with van der Waals surface area (Å²) in [5.74, 6) is 1.08. The maximum absolute atomic E-state index is 12.3. The summed E-state index contributed by atoms with van der Waals surface area (Å²) >= 11 is 3.44. The summed E-state index contributed by atoms with van der Waals surface area (Å²) < 4.78 is 1.96. The molecular formula is C16H15N3OS2. The van der Waals surface area contributed by atoms with Gasteiger partial charge >= 0.3 is 0 Å². The molecule has 3 heterocycles. The smallest absolute Gasteiger partial charge is 0.226 e. The van der Waals surface area contributed by atoms with Gasteiger partial charge in [-0.3, -0.25) is 9.20 Å². The third-order valence-corrected chi connectivity index (χ3v) is 5.67. The van der Waals surface area contributed by atoms with Gasteiger partial charge in [-0.15, -0.1) is 23.1 Å². The lowest BCUT2D eigenvalue weighted by Gasteiger charge is -2.25. The maximum atomic E-state index is 12.3. The molecule has 1 aliphatic heterocycles. The predicted octanol–water partition coefficient (Wildman–Crippen LogP) is 3.29. The number of thiazole rings is 1. The fourth-order valence-corrected chi connectivity index (χ4v) is 4.61. The quantitative estimate of drug-likeness (QED) is 0.802. The van der Waals surface area contributed by atoms with Gasteiger partial charge in [-0.25, -0.2) is 4.98 Å². The minimum absolute atomic E-state index is 0.0393. The van der Waals surface area contributed by atoms with Crippen LogP contribution in [0.15, 0.2) is 46.9 Å². The van der Waals surface area contributed by atoms with E-state index in [0.717, 1.165) is 22.8 Å². The van der Waals surface area contributed by atoms with Crippen LogP contribution in [-0.2, 0) is 11.2 Å². The summed E-state index contributed by atoms with van der Waals surface area (Å²) in [5, 5.41) is 5.15. The van der Waals surface area contributed by atoms with Crippen LogP contribution in [0.4, 0.5) is 0 Å². The lowest BCUT2D eigenvalue weighted by atomic mass is 10.0. The van der Waals surface area contributed by atoms with Crippen LogP contribution < -0.4 is 5.32 Å². The summed E-state index contributed by atoms with van der Waals surface area (Å²) in [4.78, 5) is 19.0. The molecule has 1 amide bonds. The van der Waals surface area contributed by atoms with Crippen molar-refractivity contribution in [3.05, 3.63) is 53.3 Å². The summed E-state index contributed by atoms with van der Waals surface area (Å²) in [7, 11) is 0. The van der Waals surface area contributed by atoms with Gasteiger partial charge in [0, 0.05) is 28.4 Å². The number of carbonyl (C=O) groups excluding carboxylic acids is 1. The topological polar surface area (TPSA) is 46.4 Å². The Labute approximate surface area is 136 Å². The highest BCUT2D eigenvalue weighted by Crippen LogP contribution is 2.35. The van der Waals surface area contributed by atoms with Crippen molar-refractivity contribution in [3.8, 4) is 0 Å². The fourth-order valence-electron chi connectivity index (χ4n) is 2.76. The lowest BCUT2D eigenvalue weighted by molar-refractivity contribution is -0.121. The van der Waals surface area contributed by atoms with Gasteiger partial charge in [-0.2, -0.15) is 0 Å². The monoisotopic (exact) mass is 329 g/mol. The second kappa shape index (κ2) is 5.78. The van der Waals surface area contributed by atoms with Crippen molar-refractivity contribution in [2.45, 2.75) is 23.8 Å². The first-order valence-corrected chi connectivity index (χ1v) is 9.08. The van der Waals surface area contributed by atoms with Crippen LogP contribution in [-0.4, -0.2) is 21.0 Å². The van der Waals surface area contributed by atoms with Crippen molar-refractivity contribution in [3.63, 3.8) is 0 Å². The number of thioether (sulfide) groups is 1. The predicted molar refractivity (Wildman–Crippen MR) is 89.4 cm³/mol.